The van der Waals surface area contributed by atoms with E-state index in [0.717, 1.165) is 51.2 Å². The molecular weight excluding hydrogens is 226 g/mol. The molecule has 3 nitrogen and oxygen atoms in total. The van der Waals surface area contributed by atoms with Crippen molar-refractivity contribution in [2.75, 3.05) is 40.0 Å². The van der Waals surface area contributed by atoms with Crippen LogP contribution in [0.2, 0.25) is 0 Å². The van der Waals surface area contributed by atoms with Gasteiger partial charge < -0.3 is 14.8 Å². The minimum absolute atomic E-state index is 0.799. The van der Waals surface area contributed by atoms with E-state index in [1.165, 1.54) is 32.1 Å². The van der Waals surface area contributed by atoms with Crippen molar-refractivity contribution in [2.24, 2.45) is 11.8 Å². The zero-order valence-electron chi connectivity index (χ0n) is 12.2. The highest BCUT2D eigenvalue weighted by atomic mass is 16.5. The standard InChI is InChI=1S/C15H31NO2/c1-14-5-3-6-15(13-14)7-8-16-9-12-18-11-4-10-17-2/h14-16H,3-13H2,1-2H3. The zero-order chi connectivity index (χ0) is 13.1. The smallest absolute Gasteiger partial charge is 0.0590 e. The molecule has 3 heteroatoms. The summed E-state index contributed by atoms with van der Waals surface area (Å²) in [6, 6.07) is 0. The summed E-state index contributed by atoms with van der Waals surface area (Å²) in [7, 11) is 1.73. The molecule has 0 radical (unpaired) electrons. The number of nitrogens with one attached hydrogen (secondary N) is 1. The van der Waals surface area contributed by atoms with Crippen molar-refractivity contribution in [3.05, 3.63) is 0 Å². The molecule has 1 rings (SSSR count). The fourth-order valence-electron chi connectivity index (χ4n) is 2.80. The van der Waals surface area contributed by atoms with Crippen LogP contribution in [0.4, 0.5) is 0 Å². The van der Waals surface area contributed by atoms with Crippen molar-refractivity contribution >= 4 is 0 Å². The molecule has 18 heavy (non-hydrogen) atoms. The monoisotopic (exact) mass is 257 g/mol. The maximum absolute atomic E-state index is 5.50. The van der Waals surface area contributed by atoms with Gasteiger partial charge in [-0.3, -0.25) is 0 Å². The molecule has 108 valence electrons. The van der Waals surface area contributed by atoms with Crippen LogP contribution in [0.25, 0.3) is 0 Å². The molecule has 0 aromatic carbocycles. The summed E-state index contributed by atoms with van der Waals surface area (Å²) < 4.78 is 10.5. The van der Waals surface area contributed by atoms with Crippen LogP contribution in [0, 0.1) is 11.8 Å². The van der Waals surface area contributed by atoms with Crippen molar-refractivity contribution in [1.29, 1.82) is 0 Å². The first-order chi connectivity index (χ1) is 8.83. The van der Waals surface area contributed by atoms with E-state index in [0.29, 0.717) is 0 Å². The predicted molar refractivity (Wildman–Crippen MR) is 75.9 cm³/mol. The molecule has 0 aromatic heterocycles. The van der Waals surface area contributed by atoms with Gasteiger partial charge in [-0.1, -0.05) is 26.2 Å². The molecule has 2 atom stereocenters. The van der Waals surface area contributed by atoms with Gasteiger partial charge in [0, 0.05) is 26.9 Å². The maximum atomic E-state index is 5.50. The summed E-state index contributed by atoms with van der Waals surface area (Å²) >= 11 is 0. The predicted octanol–water partition coefficient (Wildman–Crippen LogP) is 2.85. The lowest BCUT2D eigenvalue weighted by molar-refractivity contribution is 0.104. The van der Waals surface area contributed by atoms with Crippen LogP contribution in [0.1, 0.15) is 45.4 Å². The highest BCUT2D eigenvalue weighted by Crippen LogP contribution is 2.30. The van der Waals surface area contributed by atoms with Gasteiger partial charge in [0.1, 0.15) is 0 Å². The molecule has 0 bridgehead atoms. The van der Waals surface area contributed by atoms with Crippen LogP contribution < -0.4 is 5.32 Å². The quantitative estimate of drug-likeness (QED) is 0.610. The minimum Gasteiger partial charge on any atom is -0.385 e. The summed E-state index contributed by atoms with van der Waals surface area (Å²) in [6.07, 6.45) is 8.10. The molecule has 0 heterocycles. The van der Waals surface area contributed by atoms with E-state index in [4.69, 9.17) is 9.47 Å². The van der Waals surface area contributed by atoms with Gasteiger partial charge in [0.2, 0.25) is 0 Å². The van der Waals surface area contributed by atoms with Crippen LogP contribution in [-0.2, 0) is 9.47 Å². The average Bonchev–Trinajstić information content (AvgIpc) is 2.37. The van der Waals surface area contributed by atoms with Gasteiger partial charge in [-0.05, 0) is 37.6 Å². The molecule has 0 aromatic rings. The van der Waals surface area contributed by atoms with Gasteiger partial charge in [0.25, 0.3) is 0 Å². The Morgan fingerprint density at radius 1 is 1.11 bits per heavy atom. The third kappa shape index (κ3) is 8.06. The third-order valence-electron chi connectivity index (χ3n) is 3.83. The van der Waals surface area contributed by atoms with Crippen molar-refractivity contribution in [3.8, 4) is 0 Å². The van der Waals surface area contributed by atoms with Crippen LogP contribution in [0.5, 0.6) is 0 Å². The fourth-order valence-corrected chi connectivity index (χ4v) is 2.80. The van der Waals surface area contributed by atoms with Crippen molar-refractivity contribution in [3.63, 3.8) is 0 Å². The largest absolute Gasteiger partial charge is 0.385 e. The van der Waals surface area contributed by atoms with Crippen LogP contribution in [0.15, 0.2) is 0 Å². The van der Waals surface area contributed by atoms with Gasteiger partial charge in [0.15, 0.2) is 0 Å². The van der Waals surface area contributed by atoms with E-state index in [-0.39, 0.29) is 0 Å². The number of ether oxygens (including phenoxy) is 2. The van der Waals surface area contributed by atoms with E-state index in [9.17, 15) is 0 Å². The number of methoxy groups -OCH3 is 1. The highest BCUT2D eigenvalue weighted by Gasteiger charge is 2.17. The second-order valence-corrected chi connectivity index (χ2v) is 5.64. The average molecular weight is 257 g/mol. The van der Waals surface area contributed by atoms with Crippen LogP contribution in [-0.4, -0.2) is 40.0 Å². The first-order valence-electron chi connectivity index (χ1n) is 7.60. The molecule has 0 amide bonds. The van der Waals surface area contributed by atoms with Crippen molar-refractivity contribution in [2.45, 2.75) is 45.4 Å². The van der Waals surface area contributed by atoms with Crippen molar-refractivity contribution in [1.82, 2.24) is 5.32 Å². The lowest BCUT2D eigenvalue weighted by Crippen LogP contribution is -2.24. The fraction of sp³-hybridized carbons (Fsp3) is 1.00. The molecule has 0 aliphatic heterocycles. The molecule has 1 N–H and O–H groups in total. The van der Waals surface area contributed by atoms with Gasteiger partial charge >= 0.3 is 0 Å². The Morgan fingerprint density at radius 2 is 2.00 bits per heavy atom. The summed E-state index contributed by atoms with van der Waals surface area (Å²) in [6.45, 7) is 6.97. The Morgan fingerprint density at radius 3 is 2.78 bits per heavy atom. The number of hydrogen-bond donors (Lipinski definition) is 1. The van der Waals surface area contributed by atoms with Gasteiger partial charge in [-0.2, -0.15) is 0 Å². The Labute approximate surface area is 113 Å². The number of rotatable bonds is 10. The molecule has 0 spiro atoms. The molecule has 1 fully saturated rings. The topological polar surface area (TPSA) is 30.5 Å². The summed E-state index contributed by atoms with van der Waals surface area (Å²) in [5.74, 6) is 1.91. The van der Waals surface area contributed by atoms with E-state index < -0.39 is 0 Å². The molecule has 2 unspecified atom stereocenters. The number of hydrogen-bond acceptors (Lipinski definition) is 3. The van der Waals surface area contributed by atoms with E-state index >= 15 is 0 Å². The second kappa shape index (κ2) is 10.8. The Balaban J connectivity index is 1.80. The second-order valence-electron chi connectivity index (χ2n) is 5.64. The normalized spacial score (nSPS) is 24.3. The van der Waals surface area contributed by atoms with Crippen LogP contribution >= 0.6 is 0 Å². The molecule has 0 saturated heterocycles. The van der Waals surface area contributed by atoms with Gasteiger partial charge in [0.05, 0.1) is 6.61 Å². The van der Waals surface area contributed by atoms with E-state index in [1.54, 1.807) is 7.11 Å². The first-order valence-corrected chi connectivity index (χ1v) is 7.60. The lowest BCUT2D eigenvalue weighted by Gasteiger charge is -2.26. The summed E-state index contributed by atoms with van der Waals surface area (Å²) in [5.41, 5.74) is 0. The van der Waals surface area contributed by atoms with Gasteiger partial charge in [-0.25, -0.2) is 0 Å². The Hall–Kier alpha value is -0.120. The molecule has 1 aliphatic rings. The van der Waals surface area contributed by atoms with Gasteiger partial charge in [-0.15, -0.1) is 0 Å². The minimum atomic E-state index is 0.799. The molecule has 1 aliphatic carbocycles. The highest BCUT2D eigenvalue weighted by molar-refractivity contribution is 4.71. The molecular formula is C15H31NO2. The van der Waals surface area contributed by atoms with Crippen molar-refractivity contribution < 1.29 is 9.47 Å². The van der Waals surface area contributed by atoms with E-state index in [1.807, 2.05) is 0 Å². The first kappa shape index (κ1) is 15.9. The van der Waals surface area contributed by atoms with E-state index in [2.05, 4.69) is 12.2 Å². The Kier molecular flexibility index (Phi) is 9.54. The zero-order valence-corrected chi connectivity index (χ0v) is 12.2. The van der Waals surface area contributed by atoms with Crippen LogP contribution in [0.3, 0.4) is 0 Å². The third-order valence-corrected chi connectivity index (χ3v) is 3.83. The Bertz CT molecular complexity index is 187. The summed E-state index contributed by atoms with van der Waals surface area (Å²) in [5, 5.41) is 3.48. The molecule has 1 saturated carbocycles. The maximum Gasteiger partial charge on any atom is 0.0590 e. The SMILES string of the molecule is COCCCOCCNCCC1CCCC(C)C1. The summed E-state index contributed by atoms with van der Waals surface area (Å²) in [4.78, 5) is 0. The lowest BCUT2D eigenvalue weighted by atomic mass is 9.81.